The Labute approximate surface area is 417 Å². The van der Waals surface area contributed by atoms with Gasteiger partial charge in [-0.15, -0.1) is 47.1 Å². The van der Waals surface area contributed by atoms with Gasteiger partial charge in [-0.1, -0.05) is 193 Å². The second kappa shape index (κ2) is 18.8. The predicted molar refractivity (Wildman–Crippen MR) is 286 cm³/mol. The quantitative estimate of drug-likeness (QED) is 0.118. The SMILES string of the molecule is CC(C)(C)c1cccc(-c2ccccc2)c1N1c2cc3ccccc3cc2[N-]C1c1[c-]ccc2c1oc1cc(-c3ccccc3)ccc12.[2H]C(C)(C)c1cc(-c2[c-]cccc2)ncc1[Si](C)(C)C.[Ir+3]. The van der Waals surface area contributed by atoms with E-state index >= 15 is 0 Å². The summed E-state index contributed by atoms with van der Waals surface area (Å²) >= 11 is 0. The Morgan fingerprint density at radius 1 is 0.691 bits per heavy atom. The number of fused-ring (bicyclic) bond motifs is 5. The average Bonchev–Trinajstić information content (AvgIpc) is 3.90. The first-order valence-corrected chi connectivity index (χ1v) is 26.8. The van der Waals surface area contributed by atoms with Crippen LogP contribution in [0.25, 0.3) is 71.5 Å². The monoisotopic (exact) mass is 1080 g/mol. The van der Waals surface area contributed by atoms with Crippen LogP contribution < -0.4 is 10.1 Å². The molecule has 4 nitrogen and oxygen atoms in total. The zero-order valence-electron chi connectivity index (χ0n) is 41.0. The average molecular weight is 1080 g/mol. The van der Waals surface area contributed by atoms with Gasteiger partial charge in [0, 0.05) is 29.8 Å². The van der Waals surface area contributed by atoms with Crippen LogP contribution >= 0.6 is 0 Å². The van der Waals surface area contributed by atoms with Crippen LogP contribution in [0.4, 0.5) is 17.1 Å². The first-order chi connectivity index (χ1) is 32.6. The zero-order valence-corrected chi connectivity index (χ0v) is 43.4. The molecule has 0 saturated carbocycles. The molecule has 3 heterocycles. The van der Waals surface area contributed by atoms with Crippen LogP contribution in [0.2, 0.25) is 19.6 Å². The summed E-state index contributed by atoms with van der Waals surface area (Å²) < 4.78 is 15.3. The number of anilines is 2. The Bertz CT molecular complexity index is 3440. The number of para-hydroxylation sites is 1. The summed E-state index contributed by atoms with van der Waals surface area (Å²) in [6.07, 6.45) is 1.59. The molecule has 0 radical (unpaired) electrons. The number of nitrogens with zero attached hydrogens (tertiary/aromatic N) is 3. The molecule has 0 saturated heterocycles. The smallest absolute Gasteiger partial charge is 0.661 e. The van der Waals surface area contributed by atoms with Gasteiger partial charge in [0.1, 0.15) is 5.58 Å². The fourth-order valence-corrected chi connectivity index (χ4v) is 11.0. The third kappa shape index (κ3) is 8.97. The number of benzene rings is 8. The van der Waals surface area contributed by atoms with Crippen molar-refractivity contribution in [2.24, 2.45) is 0 Å². The van der Waals surface area contributed by atoms with Crippen molar-refractivity contribution < 1.29 is 25.9 Å². The second-order valence-electron chi connectivity index (χ2n) is 19.8. The molecule has 11 rings (SSSR count). The Morgan fingerprint density at radius 2 is 1.38 bits per heavy atom. The number of hydrogen-bond acceptors (Lipinski definition) is 3. The van der Waals surface area contributed by atoms with E-state index in [1.54, 1.807) is 0 Å². The number of rotatable bonds is 7. The van der Waals surface area contributed by atoms with Gasteiger partial charge in [0.15, 0.2) is 0 Å². The van der Waals surface area contributed by atoms with Crippen molar-refractivity contribution in [3.63, 3.8) is 0 Å². The summed E-state index contributed by atoms with van der Waals surface area (Å²) in [6.45, 7) is 17.7. The summed E-state index contributed by atoms with van der Waals surface area (Å²) in [5.74, 6) is -0.609. The van der Waals surface area contributed by atoms with Gasteiger partial charge in [0.05, 0.1) is 13.8 Å². The molecule has 8 aromatic carbocycles. The molecule has 6 heteroatoms. The topological polar surface area (TPSA) is 43.4 Å². The fourth-order valence-electron chi connectivity index (χ4n) is 9.46. The number of pyridine rings is 1. The Kier molecular flexibility index (Phi) is 12.5. The molecule has 2 aromatic heterocycles. The summed E-state index contributed by atoms with van der Waals surface area (Å²) in [4.78, 5) is 7.05. The van der Waals surface area contributed by atoms with Gasteiger partial charge in [-0.25, -0.2) is 0 Å². The summed E-state index contributed by atoms with van der Waals surface area (Å²) in [5, 5.41) is 11.3. The fraction of sp³-hybridized carbons (Fsp3) is 0.177. The van der Waals surface area contributed by atoms with Crippen LogP contribution in [0.15, 0.2) is 187 Å². The van der Waals surface area contributed by atoms with Crippen molar-refractivity contribution in [1.82, 2.24) is 4.98 Å². The Morgan fingerprint density at radius 3 is 2.06 bits per heavy atom. The van der Waals surface area contributed by atoms with Crippen LogP contribution in [0.3, 0.4) is 0 Å². The van der Waals surface area contributed by atoms with Crippen molar-refractivity contribution in [3.05, 3.63) is 216 Å². The maximum absolute atomic E-state index is 8.44. The minimum atomic E-state index is -1.50. The molecular formula is C62H56IrN3OSi. The maximum atomic E-state index is 8.44. The Hall–Kier alpha value is -6.56. The molecule has 338 valence electrons. The van der Waals surface area contributed by atoms with E-state index in [0.29, 0.717) is 0 Å². The van der Waals surface area contributed by atoms with Gasteiger partial charge in [0.25, 0.3) is 0 Å². The van der Waals surface area contributed by atoms with Crippen molar-refractivity contribution >= 4 is 63.0 Å². The molecule has 0 bridgehead atoms. The molecule has 1 unspecified atom stereocenters. The van der Waals surface area contributed by atoms with E-state index in [0.717, 1.165) is 66.9 Å². The van der Waals surface area contributed by atoms with Crippen molar-refractivity contribution in [2.75, 3.05) is 4.90 Å². The van der Waals surface area contributed by atoms with Gasteiger partial charge in [-0.2, -0.15) is 18.2 Å². The molecule has 0 fully saturated rings. The van der Waals surface area contributed by atoms with Crippen molar-refractivity contribution in [2.45, 2.75) is 71.7 Å². The number of hydrogen-bond donors (Lipinski definition) is 0. The van der Waals surface area contributed by atoms with Crippen molar-refractivity contribution in [1.29, 1.82) is 0 Å². The number of furan rings is 1. The molecule has 68 heavy (non-hydrogen) atoms. The third-order valence-electron chi connectivity index (χ3n) is 12.8. The van der Waals surface area contributed by atoms with Gasteiger partial charge in [0.2, 0.25) is 0 Å². The van der Waals surface area contributed by atoms with E-state index in [4.69, 9.17) is 11.1 Å². The van der Waals surface area contributed by atoms with Crippen LogP contribution in [0.1, 0.15) is 64.7 Å². The predicted octanol–water partition coefficient (Wildman–Crippen LogP) is 17.2. The van der Waals surface area contributed by atoms with Crippen molar-refractivity contribution in [3.8, 4) is 33.5 Å². The van der Waals surface area contributed by atoms with Gasteiger partial charge < -0.3 is 19.6 Å². The molecule has 1 aliphatic heterocycles. The third-order valence-corrected chi connectivity index (χ3v) is 14.9. The molecule has 1 atom stereocenters. The summed E-state index contributed by atoms with van der Waals surface area (Å²) in [6, 6.07) is 68.4. The van der Waals surface area contributed by atoms with E-state index in [2.05, 4.69) is 202 Å². The van der Waals surface area contributed by atoms with E-state index in [1.807, 2.05) is 56.4 Å². The van der Waals surface area contributed by atoms with Gasteiger partial charge in [-0.05, 0) is 73.5 Å². The molecule has 10 aromatic rings. The first kappa shape index (κ1) is 45.2. The zero-order chi connectivity index (χ0) is 47.4. The van der Waals surface area contributed by atoms with Crippen LogP contribution in [-0.2, 0) is 25.5 Å². The Balaban J connectivity index is 0.000000238. The minimum Gasteiger partial charge on any atom is -0.661 e. The van der Waals surface area contributed by atoms with E-state index in [9.17, 15) is 0 Å². The maximum Gasteiger partial charge on any atom is 3.00 e. The molecule has 1 aliphatic rings. The van der Waals surface area contributed by atoms with E-state index < -0.39 is 14.0 Å². The largest absolute Gasteiger partial charge is 3.00 e. The molecular weight excluding hydrogens is 1020 g/mol. The summed E-state index contributed by atoms with van der Waals surface area (Å²) in [7, 11) is -1.50. The van der Waals surface area contributed by atoms with Crippen LogP contribution in [0.5, 0.6) is 0 Å². The van der Waals surface area contributed by atoms with E-state index in [-0.39, 0.29) is 31.7 Å². The molecule has 0 spiro atoms. The standard InChI is InChI=1S/C45H34N2O.C17H22NSi.Ir/c1-45(2,3)38-23-13-20-34(30-16-8-5-9-17-30)42(38)47-40-27-32-19-11-10-18-31(32)26-39(40)46-44(47)37-22-12-21-36-35-25-24-33(28-41(35)48-43(36)37)29-14-6-4-7-15-29;1-13(2)15-11-16(14-9-7-6-8-10-14)18-12-17(15)19(3,4)5;/h4-21,23-28,44H,1-3H3;6-9,11-13H,1-5H3;/q-2;-1;+3/i;13D;. The van der Waals surface area contributed by atoms with Crippen LogP contribution in [0, 0.1) is 12.1 Å². The molecule has 0 aliphatic carbocycles. The van der Waals surface area contributed by atoms with Gasteiger partial charge >= 0.3 is 20.1 Å². The minimum absolute atomic E-state index is 0. The van der Waals surface area contributed by atoms with E-state index in [1.165, 1.54) is 38.2 Å². The molecule has 0 amide bonds. The van der Waals surface area contributed by atoms with Crippen LogP contribution in [-0.4, -0.2) is 13.1 Å². The normalized spacial score (nSPS) is 13.9. The first-order valence-electron chi connectivity index (χ1n) is 23.8. The number of aromatic nitrogens is 1. The summed E-state index contributed by atoms with van der Waals surface area (Å²) in [5.41, 5.74) is 14.6. The van der Waals surface area contributed by atoms with Gasteiger partial charge in [-0.3, -0.25) is 0 Å². The molecule has 0 N–H and O–H groups in total. The second-order valence-corrected chi connectivity index (χ2v) is 24.9.